The molecule has 2 N–H and O–H groups in total. The van der Waals surface area contributed by atoms with E-state index in [0.29, 0.717) is 25.8 Å². The van der Waals surface area contributed by atoms with Crippen LogP contribution < -0.4 is 10.6 Å². The van der Waals surface area contributed by atoms with E-state index >= 15 is 0 Å². The van der Waals surface area contributed by atoms with Crippen LogP contribution in [0.4, 0.5) is 0 Å². The first kappa shape index (κ1) is 13.7. The van der Waals surface area contributed by atoms with Gasteiger partial charge in [-0.3, -0.25) is 9.59 Å². The Hall–Kier alpha value is -2.30. The van der Waals surface area contributed by atoms with E-state index in [1.807, 2.05) is 25.1 Å². The van der Waals surface area contributed by atoms with Gasteiger partial charge in [0.2, 0.25) is 11.8 Å². The van der Waals surface area contributed by atoms with Crippen molar-refractivity contribution in [2.24, 2.45) is 0 Å². The second-order valence-electron chi connectivity index (χ2n) is 5.54. The maximum atomic E-state index is 12.1. The molecule has 110 valence electrons. The van der Waals surface area contributed by atoms with Crippen molar-refractivity contribution < 1.29 is 14.0 Å². The molecule has 21 heavy (non-hydrogen) atoms. The third-order valence-corrected chi connectivity index (χ3v) is 3.79. The molecular weight excluding hydrogens is 268 g/mol. The number of benzene rings is 1. The Morgan fingerprint density at radius 3 is 3.10 bits per heavy atom. The molecule has 1 aliphatic rings. The van der Waals surface area contributed by atoms with Crippen molar-refractivity contribution in [2.45, 2.75) is 32.2 Å². The van der Waals surface area contributed by atoms with Crippen LogP contribution in [-0.4, -0.2) is 24.4 Å². The Kier molecular flexibility index (Phi) is 3.64. The summed E-state index contributed by atoms with van der Waals surface area (Å²) in [5, 5.41) is 6.70. The molecule has 1 unspecified atom stereocenters. The minimum Gasteiger partial charge on any atom is -0.464 e. The predicted molar refractivity (Wildman–Crippen MR) is 78.8 cm³/mol. The van der Waals surface area contributed by atoms with Crippen molar-refractivity contribution >= 4 is 22.8 Å². The molecule has 1 aromatic carbocycles. The third kappa shape index (κ3) is 3.07. The molecule has 1 saturated heterocycles. The SMILES string of the molecule is Cc1ccc2c(CC(=O)NC3CCC(=O)NC3)coc2c1. The summed E-state index contributed by atoms with van der Waals surface area (Å²) >= 11 is 0. The molecule has 2 aromatic rings. The topological polar surface area (TPSA) is 71.3 Å². The maximum Gasteiger partial charge on any atom is 0.224 e. The molecular formula is C16H18N2O3. The molecule has 1 atom stereocenters. The van der Waals surface area contributed by atoms with Gasteiger partial charge in [0.05, 0.1) is 12.7 Å². The quantitative estimate of drug-likeness (QED) is 0.901. The zero-order chi connectivity index (χ0) is 14.8. The summed E-state index contributed by atoms with van der Waals surface area (Å²) in [5.41, 5.74) is 2.83. The molecule has 2 heterocycles. The van der Waals surface area contributed by atoms with Crippen LogP contribution in [-0.2, 0) is 16.0 Å². The van der Waals surface area contributed by atoms with Crippen LogP contribution in [0, 0.1) is 6.92 Å². The normalized spacial score (nSPS) is 18.5. The van der Waals surface area contributed by atoms with Gasteiger partial charge >= 0.3 is 0 Å². The Morgan fingerprint density at radius 2 is 2.33 bits per heavy atom. The molecule has 0 spiro atoms. The Morgan fingerprint density at radius 1 is 1.48 bits per heavy atom. The van der Waals surface area contributed by atoms with E-state index in [9.17, 15) is 9.59 Å². The number of fused-ring (bicyclic) bond motifs is 1. The van der Waals surface area contributed by atoms with Gasteiger partial charge in [-0.15, -0.1) is 0 Å². The van der Waals surface area contributed by atoms with Crippen molar-refractivity contribution in [2.75, 3.05) is 6.54 Å². The second kappa shape index (κ2) is 5.60. The lowest BCUT2D eigenvalue weighted by Gasteiger charge is -2.23. The number of rotatable bonds is 3. The van der Waals surface area contributed by atoms with Gasteiger partial charge in [0.25, 0.3) is 0 Å². The van der Waals surface area contributed by atoms with Gasteiger partial charge in [0, 0.05) is 30.0 Å². The van der Waals surface area contributed by atoms with Crippen LogP contribution in [0.3, 0.4) is 0 Å². The number of hydrogen-bond acceptors (Lipinski definition) is 3. The van der Waals surface area contributed by atoms with Crippen molar-refractivity contribution in [3.8, 4) is 0 Å². The third-order valence-electron chi connectivity index (χ3n) is 3.79. The predicted octanol–water partition coefficient (Wildman–Crippen LogP) is 1.68. The van der Waals surface area contributed by atoms with E-state index in [0.717, 1.165) is 22.1 Å². The highest BCUT2D eigenvalue weighted by atomic mass is 16.3. The summed E-state index contributed by atoms with van der Waals surface area (Å²) in [5.74, 6) is 0.0103. The Bertz CT molecular complexity index is 680. The number of piperidine rings is 1. The van der Waals surface area contributed by atoms with Crippen molar-refractivity contribution in [1.29, 1.82) is 0 Å². The first-order valence-corrected chi connectivity index (χ1v) is 7.14. The number of carbonyl (C=O) groups excluding carboxylic acids is 2. The minimum atomic E-state index is -0.0422. The molecule has 3 rings (SSSR count). The first-order valence-electron chi connectivity index (χ1n) is 7.14. The summed E-state index contributed by atoms with van der Waals surface area (Å²) < 4.78 is 5.50. The summed E-state index contributed by atoms with van der Waals surface area (Å²) in [6.07, 6.45) is 3.11. The van der Waals surface area contributed by atoms with E-state index in [-0.39, 0.29) is 17.9 Å². The summed E-state index contributed by atoms with van der Waals surface area (Å²) in [7, 11) is 0. The first-order chi connectivity index (χ1) is 10.1. The van der Waals surface area contributed by atoms with Gasteiger partial charge < -0.3 is 15.1 Å². The fraction of sp³-hybridized carbons (Fsp3) is 0.375. The lowest BCUT2D eigenvalue weighted by molar-refractivity contribution is -0.125. The summed E-state index contributed by atoms with van der Waals surface area (Å²) in [6, 6.07) is 5.98. The zero-order valence-corrected chi connectivity index (χ0v) is 11.9. The van der Waals surface area contributed by atoms with Crippen LogP contribution in [0.2, 0.25) is 0 Å². The maximum absolute atomic E-state index is 12.1. The summed E-state index contributed by atoms with van der Waals surface area (Å²) in [6.45, 7) is 2.52. The molecule has 5 nitrogen and oxygen atoms in total. The van der Waals surface area contributed by atoms with Gasteiger partial charge in [-0.2, -0.15) is 0 Å². The lowest BCUT2D eigenvalue weighted by Crippen LogP contribution is -2.48. The molecule has 1 aromatic heterocycles. The van der Waals surface area contributed by atoms with E-state index in [1.165, 1.54) is 0 Å². The standard InChI is InChI=1S/C16H18N2O3/c1-10-2-4-13-11(9-21-14(13)6-10)7-16(20)18-12-3-5-15(19)17-8-12/h2,4,6,9,12H,3,5,7-8H2,1H3,(H,17,19)(H,18,20). The zero-order valence-electron chi connectivity index (χ0n) is 11.9. The highest BCUT2D eigenvalue weighted by Gasteiger charge is 2.20. The van der Waals surface area contributed by atoms with Crippen LogP contribution in [0.25, 0.3) is 11.0 Å². The van der Waals surface area contributed by atoms with Gasteiger partial charge in [-0.05, 0) is 25.0 Å². The fourth-order valence-corrected chi connectivity index (χ4v) is 2.64. The van der Waals surface area contributed by atoms with Crippen molar-refractivity contribution in [3.05, 3.63) is 35.6 Å². The number of furan rings is 1. The van der Waals surface area contributed by atoms with Crippen LogP contribution >= 0.6 is 0 Å². The fourth-order valence-electron chi connectivity index (χ4n) is 2.64. The summed E-state index contributed by atoms with van der Waals surface area (Å²) in [4.78, 5) is 23.2. The highest BCUT2D eigenvalue weighted by Crippen LogP contribution is 2.22. The number of aryl methyl sites for hydroxylation is 1. The largest absolute Gasteiger partial charge is 0.464 e. The molecule has 5 heteroatoms. The molecule has 1 aliphatic heterocycles. The minimum absolute atomic E-state index is 0.0237. The monoisotopic (exact) mass is 286 g/mol. The lowest BCUT2D eigenvalue weighted by atomic mass is 10.1. The highest BCUT2D eigenvalue weighted by molar-refractivity contribution is 5.88. The average Bonchev–Trinajstić information content (AvgIpc) is 2.83. The Labute approximate surface area is 122 Å². The van der Waals surface area contributed by atoms with Gasteiger partial charge in [-0.25, -0.2) is 0 Å². The molecule has 0 saturated carbocycles. The Balaban J connectivity index is 1.65. The second-order valence-corrected chi connectivity index (χ2v) is 5.54. The van der Waals surface area contributed by atoms with Gasteiger partial charge in [-0.1, -0.05) is 12.1 Å². The molecule has 0 aliphatic carbocycles. The van der Waals surface area contributed by atoms with E-state index in [1.54, 1.807) is 6.26 Å². The molecule has 2 amide bonds. The van der Waals surface area contributed by atoms with Gasteiger partial charge in [0.1, 0.15) is 5.58 Å². The van der Waals surface area contributed by atoms with E-state index < -0.39 is 0 Å². The number of hydrogen-bond donors (Lipinski definition) is 2. The van der Waals surface area contributed by atoms with Gasteiger partial charge in [0.15, 0.2) is 0 Å². The number of amides is 2. The van der Waals surface area contributed by atoms with Crippen LogP contribution in [0.1, 0.15) is 24.0 Å². The molecule has 0 radical (unpaired) electrons. The van der Waals surface area contributed by atoms with E-state index in [2.05, 4.69) is 10.6 Å². The van der Waals surface area contributed by atoms with Crippen molar-refractivity contribution in [3.63, 3.8) is 0 Å². The molecule has 1 fully saturated rings. The average molecular weight is 286 g/mol. The number of nitrogens with one attached hydrogen (secondary N) is 2. The van der Waals surface area contributed by atoms with Crippen molar-refractivity contribution in [1.82, 2.24) is 10.6 Å². The molecule has 0 bridgehead atoms. The number of carbonyl (C=O) groups is 2. The van der Waals surface area contributed by atoms with E-state index in [4.69, 9.17) is 4.42 Å². The van der Waals surface area contributed by atoms with Crippen LogP contribution in [0.15, 0.2) is 28.9 Å². The smallest absolute Gasteiger partial charge is 0.224 e. The van der Waals surface area contributed by atoms with Crippen LogP contribution in [0.5, 0.6) is 0 Å².